The van der Waals surface area contributed by atoms with Gasteiger partial charge in [0.2, 0.25) is 0 Å². The molecule has 0 saturated heterocycles. The third kappa shape index (κ3) is 5.47. The van der Waals surface area contributed by atoms with Gasteiger partial charge in [0.25, 0.3) is 0 Å². The molecule has 0 aromatic heterocycles. The van der Waals surface area contributed by atoms with Gasteiger partial charge in [-0.15, -0.1) is 0 Å². The maximum atomic E-state index is 10.1. The van der Waals surface area contributed by atoms with Crippen LogP contribution < -0.4 is 0 Å². The van der Waals surface area contributed by atoms with Crippen molar-refractivity contribution in [2.75, 3.05) is 0 Å². The number of carbonyl (C=O) groups is 2. The Bertz CT molecular complexity index is 129. The van der Waals surface area contributed by atoms with E-state index in [1.54, 1.807) is 0 Å². The molecule has 0 spiro atoms. The molecule has 0 aromatic rings. The smallest absolute Gasteiger partial charge is 0.385 e. The second-order valence-corrected chi connectivity index (χ2v) is 2.24. The Morgan fingerprint density at radius 1 is 1.20 bits per heavy atom. The van der Waals surface area contributed by atoms with E-state index in [9.17, 15) is 9.59 Å². The minimum Gasteiger partial charge on any atom is -0.385 e. The fourth-order valence-electron chi connectivity index (χ4n) is 0.239. The molecule has 0 atom stereocenters. The highest BCUT2D eigenvalue weighted by Gasteiger charge is 2.12. The van der Waals surface area contributed by atoms with Gasteiger partial charge >= 0.3 is 20.5 Å². The van der Waals surface area contributed by atoms with Gasteiger partial charge in [-0.3, -0.25) is 9.59 Å². The van der Waals surface area contributed by atoms with Gasteiger partial charge in [0.1, 0.15) is 0 Å². The molecule has 0 radical (unpaired) electrons. The summed E-state index contributed by atoms with van der Waals surface area (Å²) in [5, 5.41) is 0. The molecule has 0 bridgehead atoms. The van der Waals surface area contributed by atoms with Crippen molar-refractivity contribution in [3.8, 4) is 0 Å². The van der Waals surface area contributed by atoms with E-state index >= 15 is 0 Å². The van der Waals surface area contributed by atoms with Crippen molar-refractivity contribution >= 4 is 20.5 Å². The molecular weight excluding hydrogens is 159 g/mol. The molecule has 0 amide bonds. The summed E-state index contributed by atoms with van der Waals surface area (Å²) in [5.74, 6) is -1.37. The average Bonchev–Trinajstić information content (AvgIpc) is 1.58. The van der Waals surface area contributed by atoms with E-state index in [4.69, 9.17) is 4.89 Å². The first-order valence-corrected chi connectivity index (χ1v) is 3.51. The van der Waals surface area contributed by atoms with Gasteiger partial charge in [-0.05, 0) is 0 Å². The van der Waals surface area contributed by atoms with E-state index in [1.165, 1.54) is 0 Å². The molecule has 0 heterocycles. The van der Waals surface area contributed by atoms with Crippen LogP contribution in [0.2, 0.25) is 0 Å². The van der Waals surface area contributed by atoms with E-state index in [0.29, 0.717) is 0 Å². The van der Waals surface area contributed by atoms with Gasteiger partial charge in [-0.2, -0.15) is 0 Å². The summed E-state index contributed by atoms with van der Waals surface area (Å²) in [7, 11) is -2.36. The average molecular weight is 166 g/mol. The Morgan fingerprint density at radius 3 is 1.70 bits per heavy atom. The largest absolute Gasteiger partial charge is 0.464 e. The molecule has 0 aromatic carbocycles. The van der Waals surface area contributed by atoms with Crippen LogP contribution in [0.25, 0.3) is 0 Å². The van der Waals surface area contributed by atoms with Crippen LogP contribution in [0.3, 0.4) is 0 Å². The molecule has 58 valence electrons. The van der Waals surface area contributed by atoms with Gasteiger partial charge in [-0.1, -0.05) is 0 Å². The first-order valence-electron chi connectivity index (χ1n) is 2.38. The third-order valence-electron chi connectivity index (χ3n) is 0.413. The van der Waals surface area contributed by atoms with Crippen LogP contribution in [0.1, 0.15) is 13.8 Å². The van der Waals surface area contributed by atoms with E-state index in [2.05, 4.69) is 9.05 Å². The summed E-state index contributed by atoms with van der Waals surface area (Å²) in [6, 6.07) is 0. The molecule has 1 N–H and O–H groups in total. The van der Waals surface area contributed by atoms with Gasteiger partial charge in [-0.25, -0.2) is 0 Å². The minimum absolute atomic E-state index is 0.685. The number of rotatable bonds is 2. The Morgan fingerprint density at radius 2 is 1.50 bits per heavy atom. The molecule has 0 saturated carbocycles. The maximum Gasteiger partial charge on any atom is 0.464 e. The lowest BCUT2D eigenvalue weighted by atomic mass is 10.9. The summed E-state index contributed by atoms with van der Waals surface area (Å²) < 4.78 is 8.20. The van der Waals surface area contributed by atoms with Crippen LogP contribution in [0.15, 0.2) is 0 Å². The zero-order valence-electron chi connectivity index (χ0n) is 5.53. The normalized spacial score (nSPS) is 9.20. The number of carbonyl (C=O) groups excluding carboxylic acids is 2. The van der Waals surface area contributed by atoms with E-state index in [-0.39, 0.29) is 0 Å². The Balaban J connectivity index is 3.53. The Labute approximate surface area is 58.9 Å². The highest BCUT2D eigenvalue weighted by Crippen LogP contribution is 2.32. The molecule has 0 fully saturated rings. The maximum absolute atomic E-state index is 10.1. The quantitative estimate of drug-likeness (QED) is 0.598. The van der Waals surface area contributed by atoms with Crippen molar-refractivity contribution in [2.45, 2.75) is 13.8 Å². The fraction of sp³-hybridized carbons (Fsp3) is 0.500. The van der Waals surface area contributed by atoms with Crippen molar-refractivity contribution in [3.05, 3.63) is 0 Å². The topological polar surface area (TPSA) is 72.8 Å². The lowest BCUT2D eigenvalue weighted by Crippen LogP contribution is -1.99. The number of hydrogen-bond donors (Lipinski definition) is 1. The van der Waals surface area contributed by atoms with Crippen LogP contribution >= 0.6 is 8.60 Å². The monoisotopic (exact) mass is 166 g/mol. The number of hydrogen-bond acceptors (Lipinski definition) is 5. The molecule has 0 aliphatic heterocycles. The molecule has 0 aliphatic rings. The first kappa shape index (κ1) is 9.33. The van der Waals surface area contributed by atoms with Crippen LogP contribution in [0, 0.1) is 0 Å². The van der Waals surface area contributed by atoms with Gasteiger partial charge in [0, 0.05) is 13.8 Å². The molecular formula is C4H7O5P. The van der Waals surface area contributed by atoms with E-state index < -0.39 is 20.5 Å². The molecule has 0 unspecified atom stereocenters. The summed E-state index contributed by atoms with van der Waals surface area (Å²) in [6.45, 7) is 2.21. The standard InChI is InChI=1S/C4H7O5P/c1-3(5)8-10(7)9-4(2)6/h7H,1-2H3. The van der Waals surface area contributed by atoms with Crippen molar-refractivity contribution < 1.29 is 23.5 Å². The van der Waals surface area contributed by atoms with Crippen LogP contribution in [-0.4, -0.2) is 16.8 Å². The van der Waals surface area contributed by atoms with Crippen molar-refractivity contribution in [1.82, 2.24) is 0 Å². The van der Waals surface area contributed by atoms with Crippen LogP contribution in [0.4, 0.5) is 0 Å². The first-order chi connectivity index (χ1) is 4.52. The molecule has 5 nitrogen and oxygen atoms in total. The Kier molecular flexibility index (Phi) is 3.91. The zero-order valence-corrected chi connectivity index (χ0v) is 6.42. The van der Waals surface area contributed by atoms with E-state index in [0.717, 1.165) is 13.8 Å². The second kappa shape index (κ2) is 4.19. The van der Waals surface area contributed by atoms with Crippen molar-refractivity contribution in [1.29, 1.82) is 0 Å². The minimum atomic E-state index is -2.36. The second-order valence-electron chi connectivity index (χ2n) is 1.40. The molecule has 10 heavy (non-hydrogen) atoms. The lowest BCUT2D eigenvalue weighted by Gasteiger charge is -2.04. The predicted octanol–water partition coefficient (Wildman–Crippen LogP) is 0.332. The van der Waals surface area contributed by atoms with Crippen LogP contribution in [-0.2, 0) is 18.6 Å². The van der Waals surface area contributed by atoms with Gasteiger partial charge in [0.05, 0.1) is 0 Å². The highest BCUT2D eigenvalue weighted by atomic mass is 31.2. The summed E-state index contributed by atoms with van der Waals surface area (Å²) in [6.07, 6.45) is 0. The SMILES string of the molecule is CC(=O)OP(O)OC(C)=O. The van der Waals surface area contributed by atoms with Gasteiger partial charge in [0.15, 0.2) is 0 Å². The third-order valence-corrected chi connectivity index (χ3v) is 1.24. The molecule has 6 heteroatoms. The summed E-state index contributed by atoms with van der Waals surface area (Å²) in [4.78, 5) is 28.7. The van der Waals surface area contributed by atoms with Crippen molar-refractivity contribution in [3.63, 3.8) is 0 Å². The van der Waals surface area contributed by atoms with Crippen molar-refractivity contribution in [2.24, 2.45) is 0 Å². The van der Waals surface area contributed by atoms with Crippen LogP contribution in [0.5, 0.6) is 0 Å². The molecule has 0 rings (SSSR count). The molecule has 0 aliphatic carbocycles. The fourth-order valence-corrected chi connectivity index (χ4v) is 0.716. The van der Waals surface area contributed by atoms with Gasteiger partial charge < -0.3 is 13.9 Å². The zero-order chi connectivity index (χ0) is 8.15. The highest BCUT2D eigenvalue weighted by molar-refractivity contribution is 7.41. The lowest BCUT2D eigenvalue weighted by molar-refractivity contribution is -0.136. The predicted molar refractivity (Wildman–Crippen MR) is 32.7 cm³/mol. The summed E-state index contributed by atoms with van der Waals surface area (Å²) in [5.41, 5.74) is 0. The van der Waals surface area contributed by atoms with E-state index in [1.807, 2.05) is 0 Å². The summed E-state index contributed by atoms with van der Waals surface area (Å²) >= 11 is 0. The Hall–Kier alpha value is -0.670.